The molecule has 0 radical (unpaired) electrons. The fourth-order valence-electron chi connectivity index (χ4n) is 3.23. The number of nitrogens with one attached hydrogen (secondary N) is 1. The molecule has 1 aromatic carbocycles. The van der Waals surface area contributed by atoms with Gasteiger partial charge >= 0.3 is 0 Å². The number of piperazine rings is 1. The van der Waals surface area contributed by atoms with Crippen LogP contribution >= 0.6 is 11.3 Å². The third-order valence-corrected chi connectivity index (χ3v) is 5.25. The Kier molecular flexibility index (Phi) is 5.17. The van der Waals surface area contributed by atoms with E-state index in [4.69, 9.17) is 4.74 Å². The summed E-state index contributed by atoms with van der Waals surface area (Å²) >= 11 is 1.54. The molecule has 1 atom stereocenters. The molecule has 1 fully saturated rings. The molecule has 0 spiro atoms. The average molecular weight is 383 g/mol. The minimum absolute atomic E-state index is 0.0105. The maximum atomic E-state index is 13.2. The molecule has 0 saturated carbocycles. The van der Waals surface area contributed by atoms with Gasteiger partial charge in [-0.1, -0.05) is 6.07 Å². The van der Waals surface area contributed by atoms with Crippen molar-refractivity contribution in [2.75, 3.05) is 19.6 Å². The smallest absolute Gasteiger partial charge is 0.254 e. The first-order chi connectivity index (χ1) is 13.2. The van der Waals surface area contributed by atoms with Gasteiger partial charge in [0, 0.05) is 50.0 Å². The molecule has 1 unspecified atom stereocenters. The van der Waals surface area contributed by atoms with Gasteiger partial charge in [0.25, 0.3) is 5.91 Å². The Balaban J connectivity index is 1.52. The molecule has 1 aliphatic heterocycles. The van der Waals surface area contributed by atoms with Crippen LogP contribution in [-0.4, -0.2) is 45.0 Å². The summed E-state index contributed by atoms with van der Waals surface area (Å²) in [7, 11) is 1.95. The molecular weight excluding hydrogens is 362 g/mol. The van der Waals surface area contributed by atoms with Crippen molar-refractivity contribution in [3.63, 3.8) is 0 Å². The molecule has 1 aliphatic rings. The number of imidazole rings is 1. The second-order valence-electron chi connectivity index (χ2n) is 6.41. The lowest BCUT2D eigenvalue weighted by molar-refractivity contribution is 0.0620. The maximum absolute atomic E-state index is 13.2. The van der Waals surface area contributed by atoms with Gasteiger partial charge in [-0.25, -0.2) is 9.97 Å². The van der Waals surface area contributed by atoms with E-state index in [9.17, 15) is 4.79 Å². The Morgan fingerprint density at radius 1 is 1.41 bits per heavy atom. The number of hydrogen-bond donors (Lipinski definition) is 1. The molecule has 0 aliphatic carbocycles. The molecule has 0 bridgehead atoms. The normalized spacial score (nSPS) is 17.1. The topological polar surface area (TPSA) is 72.3 Å². The van der Waals surface area contributed by atoms with Crippen molar-refractivity contribution in [3.8, 4) is 5.75 Å². The van der Waals surface area contributed by atoms with Crippen LogP contribution in [0.1, 0.15) is 27.9 Å². The van der Waals surface area contributed by atoms with Crippen LogP contribution in [0, 0.1) is 0 Å². The molecule has 7 nitrogen and oxygen atoms in total. The molecule has 27 heavy (non-hydrogen) atoms. The fraction of sp³-hybridized carbons (Fsp3) is 0.316. The average Bonchev–Trinajstić information content (AvgIpc) is 3.37. The predicted octanol–water partition coefficient (Wildman–Crippen LogP) is 2.24. The van der Waals surface area contributed by atoms with E-state index in [0.717, 1.165) is 18.1 Å². The number of carbonyl (C=O) groups is 1. The highest BCUT2D eigenvalue weighted by Crippen LogP contribution is 2.24. The van der Waals surface area contributed by atoms with Crippen molar-refractivity contribution in [2.45, 2.75) is 12.6 Å². The quantitative estimate of drug-likeness (QED) is 0.732. The van der Waals surface area contributed by atoms with Crippen LogP contribution in [-0.2, 0) is 13.7 Å². The first-order valence-corrected chi connectivity index (χ1v) is 9.75. The van der Waals surface area contributed by atoms with Gasteiger partial charge in [-0.2, -0.15) is 0 Å². The summed E-state index contributed by atoms with van der Waals surface area (Å²) in [6.45, 7) is 2.49. The first kappa shape index (κ1) is 17.7. The van der Waals surface area contributed by atoms with Crippen LogP contribution in [0.2, 0.25) is 0 Å². The number of aromatic nitrogens is 3. The van der Waals surface area contributed by atoms with Gasteiger partial charge in [0.05, 0.1) is 11.2 Å². The molecule has 1 amide bonds. The van der Waals surface area contributed by atoms with Crippen molar-refractivity contribution >= 4 is 17.2 Å². The lowest BCUT2D eigenvalue weighted by atomic mass is 10.1. The summed E-state index contributed by atoms with van der Waals surface area (Å²) in [5.74, 6) is 1.53. The zero-order valence-electron chi connectivity index (χ0n) is 15.0. The van der Waals surface area contributed by atoms with Crippen LogP contribution in [0.5, 0.6) is 5.75 Å². The second-order valence-corrected chi connectivity index (χ2v) is 7.13. The standard InChI is InChI=1S/C19H21N5O2S/c1-23-7-6-21-18(23)17-10-20-5-8-24(17)19(25)14-3-2-4-16(9-14)26-11-15-12-27-13-22-15/h2-4,6-7,9,12-13,17,20H,5,8,10-11H2,1H3. The van der Waals surface area contributed by atoms with Gasteiger partial charge < -0.3 is 19.5 Å². The first-order valence-electron chi connectivity index (χ1n) is 8.81. The Hall–Kier alpha value is -2.71. The fourth-order valence-corrected chi connectivity index (χ4v) is 3.77. The predicted molar refractivity (Wildman–Crippen MR) is 103 cm³/mol. The van der Waals surface area contributed by atoms with Crippen LogP contribution in [0.3, 0.4) is 0 Å². The molecule has 3 heterocycles. The Morgan fingerprint density at radius 2 is 2.33 bits per heavy atom. The van der Waals surface area contributed by atoms with Crippen molar-refractivity contribution < 1.29 is 9.53 Å². The highest BCUT2D eigenvalue weighted by molar-refractivity contribution is 7.07. The number of amides is 1. The molecule has 4 rings (SSSR count). The minimum Gasteiger partial charge on any atom is -0.487 e. The number of nitrogens with zero attached hydrogens (tertiary/aromatic N) is 4. The van der Waals surface area contributed by atoms with E-state index in [1.165, 1.54) is 11.3 Å². The van der Waals surface area contributed by atoms with E-state index in [-0.39, 0.29) is 11.9 Å². The van der Waals surface area contributed by atoms with E-state index < -0.39 is 0 Å². The van der Waals surface area contributed by atoms with Crippen molar-refractivity contribution in [1.29, 1.82) is 0 Å². The summed E-state index contributed by atoms with van der Waals surface area (Å²) in [5.41, 5.74) is 3.28. The second kappa shape index (κ2) is 7.89. The summed E-state index contributed by atoms with van der Waals surface area (Å²) in [6, 6.07) is 7.24. The zero-order chi connectivity index (χ0) is 18.6. The minimum atomic E-state index is -0.0918. The van der Waals surface area contributed by atoms with Crippen LogP contribution in [0.4, 0.5) is 0 Å². The monoisotopic (exact) mass is 383 g/mol. The number of ether oxygens (including phenoxy) is 1. The number of thiazole rings is 1. The molecule has 1 saturated heterocycles. The van der Waals surface area contributed by atoms with Crippen molar-refractivity contribution in [2.24, 2.45) is 7.05 Å². The number of benzene rings is 1. The van der Waals surface area contributed by atoms with E-state index in [1.54, 1.807) is 17.8 Å². The van der Waals surface area contributed by atoms with Gasteiger partial charge in [-0.3, -0.25) is 4.79 Å². The Morgan fingerprint density at radius 3 is 3.11 bits per heavy atom. The Bertz CT molecular complexity index is 908. The summed E-state index contributed by atoms with van der Waals surface area (Å²) in [6.07, 6.45) is 3.67. The molecule has 3 aromatic rings. The van der Waals surface area contributed by atoms with E-state index >= 15 is 0 Å². The highest BCUT2D eigenvalue weighted by atomic mass is 32.1. The molecule has 140 valence electrons. The molecule has 2 aromatic heterocycles. The Labute approximate surface area is 161 Å². The highest BCUT2D eigenvalue weighted by Gasteiger charge is 2.31. The molecule has 1 N–H and O–H groups in total. The number of rotatable bonds is 5. The van der Waals surface area contributed by atoms with Gasteiger partial charge in [-0.05, 0) is 18.2 Å². The van der Waals surface area contributed by atoms with E-state index in [2.05, 4.69) is 15.3 Å². The third-order valence-electron chi connectivity index (χ3n) is 4.61. The summed E-state index contributed by atoms with van der Waals surface area (Å²) in [4.78, 5) is 23.7. The number of aryl methyl sites for hydroxylation is 1. The molecule has 8 heteroatoms. The van der Waals surface area contributed by atoms with Crippen molar-refractivity contribution in [1.82, 2.24) is 24.8 Å². The van der Waals surface area contributed by atoms with Gasteiger partial charge in [0.1, 0.15) is 24.2 Å². The lowest BCUT2D eigenvalue weighted by Crippen LogP contribution is -2.49. The van der Waals surface area contributed by atoms with Gasteiger partial charge in [-0.15, -0.1) is 11.3 Å². The number of carbonyl (C=O) groups excluding carboxylic acids is 1. The van der Waals surface area contributed by atoms with Crippen LogP contribution in [0.25, 0.3) is 0 Å². The van der Waals surface area contributed by atoms with Gasteiger partial charge in [0.15, 0.2) is 0 Å². The van der Waals surface area contributed by atoms with Crippen molar-refractivity contribution in [3.05, 3.63) is 64.6 Å². The summed E-state index contributed by atoms with van der Waals surface area (Å²) in [5, 5.41) is 5.31. The summed E-state index contributed by atoms with van der Waals surface area (Å²) < 4.78 is 7.75. The third kappa shape index (κ3) is 3.86. The SMILES string of the molecule is Cn1ccnc1C1CNCCN1C(=O)c1cccc(OCc2cscn2)c1. The molecular formula is C19H21N5O2S. The van der Waals surface area contributed by atoms with Crippen LogP contribution in [0.15, 0.2) is 47.5 Å². The van der Waals surface area contributed by atoms with Crippen LogP contribution < -0.4 is 10.1 Å². The maximum Gasteiger partial charge on any atom is 0.254 e. The van der Waals surface area contributed by atoms with E-state index in [1.807, 2.05) is 46.3 Å². The lowest BCUT2D eigenvalue weighted by Gasteiger charge is -2.35. The van der Waals surface area contributed by atoms with Gasteiger partial charge in [0.2, 0.25) is 0 Å². The number of hydrogen-bond acceptors (Lipinski definition) is 6. The largest absolute Gasteiger partial charge is 0.487 e. The zero-order valence-corrected chi connectivity index (χ0v) is 15.9. The van der Waals surface area contributed by atoms with E-state index in [0.29, 0.717) is 31.0 Å².